The van der Waals surface area contributed by atoms with Crippen LogP contribution in [0.25, 0.3) is 21.7 Å². The number of benzene rings is 2. The van der Waals surface area contributed by atoms with Gasteiger partial charge >= 0.3 is 5.97 Å². The molecule has 1 aliphatic rings. The molecule has 0 radical (unpaired) electrons. The summed E-state index contributed by atoms with van der Waals surface area (Å²) in [4.78, 5) is 35.8. The first-order valence-electron chi connectivity index (χ1n) is 17.4. The first kappa shape index (κ1) is 45.3. The number of carbonyl (C=O) groups is 2. The molecule has 0 spiro atoms. The zero-order chi connectivity index (χ0) is 37.7. The Morgan fingerprint density at radius 3 is 2.35 bits per heavy atom. The molecule has 0 saturated carbocycles. The van der Waals surface area contributed by atoms with Gasteiger partial charge in [0.25, 0.3) is 0 Å². The van der Waals surface area contributed by atoms with Crippen LogP contribution in [0.4, 0.5) is 5.82 Å². The van der Waals surface area contributed by atoms with Crippen LogP contribution in [0.15, 0.2) is 58.9 Å². The lowest BCUT2D eigenvalue weighted by molar-refractivity contribution is -0.141. The smallest absolute Gasteiger partial charge is 0.325 e. The lowest BCUT2D eigenvalue weighted by Crippen LogP contribution is -2.50. The van der Waals surface area contributed by atoms with Gasteiger partial charge in [-0.15, -0.1) is 36.2 Å². The van der Waals surface area contributed by atoms with E-state index in [1.165, 1.54) is 30.0 Å². The summed E-state index contributed by atoms with van der Waals surface area (Å²) in [7, 11) is 0. The number of rotatable bonds is 18. The van der Waals surface area contributed by atoms with E-state index in [2.05, 4.69) is 27.7 Å². The van der Waals surface area contributed by atoms with Crippen molar-refractivity contribution in [3.63, 3.8) is 0 Å². The molecule has 0 bridgehead atoms. The lowest BCUT2D eigenvalue weighted by Gasteiger charge is -2.22. The summed E-state index contributed by atoms with van der Waals surface area (Å²) >= 11 is 9.03. The molecule has 5 N–H and O–H groups in total. The topological polar surface area (TPSA) is 190 Å². The summed E-state index contributed by atoms with van der Waals surface area (Å²) < 4.78 is 5.97. The van der Waals surface area contributed by atoms with E-state index in [1.807, 2.05) is 41.8 Å². The molecule has 1 fully saturated rings. The van der Waals surface area contributed by atoms with Crippen molar-refractivity contribution in [1.29, 1.82) is 10.5 Å². The molecular weight excluding hydrogens is 803 g/mol. The number of hydrogen-bond acceptors (Lipinski definition) is 12. The lowest BCUT2D eigenvalue weighted by atomic mass is 9.96. The Morgan fingerprint density at radius 1 is 1.04 bits per heavy atom. The number of amides is 1. The second-order valence-electron chi connectivity index (χ2n) is 12.5. The van der Waals surface area contributed by atoms with Crippen LogP contribution in [-0.4, -0.2) is 71.8 Å². The van der Waals surface area contributed by atoms with Crippen molar-refractivity contribution < 1.29 is 19.4 Å². The molecule has 1 saturated heterocycles. The Balaban J connectivity index is 0.00000406. The van der Waals surface area contributed by atoms with Gasteiger partial charge in [0.15, 0.2) is 0 Å². The van der Waals surface area contributed by atoms with Gasteiger partial charge < -0.3 is 31.1 Å². The summed E-state index contributed by atoms with van der Waals surface area (Å²) in [5.74, 6) is 0.144. The molecule has 1 amide bonds. The molecule has 17 heteroatoms. The number of aromatic nitrogens is 2. The predicted octanol–water partition coefficient (Wildman–Crippen LogP) is 7.06. The third kappa shape index (κ3) is 12.2. The van der Waals surface area contributed by atoms with Crippen LogP contribution in [0.1, 0.15) is 55.8 Å². The number of thiazole rings is 1. The second-order valence-corrected chi connectivity index (χ2v) is 14.7. The van der Waals surface area contributed by atoms with Crippen LogP contribution in [0.3, 0.4) is 0 Å². The number of aliphatic carboxylic acids is 1. The van der Waals surface area contributed by atoms with E-state index in [-0.39, 0.29) is 37.3 Å². The number of nitrogens with one attached hydrogen (secondary N) is 2. The third-order valence-corrected chi connectivity index (χ3v) is 10.9. The third-order valence-electron chi connectivity index (χ3n) is 8.67. The number of pyridine rings is 1. The summed E-state index contributed by atoms with van der Waals surface area (Å²) in [6.45, 7) is 4.07. The standard InChI is InChI=1S/C38H41ClN8O4S2.2ClH/c1-24(38(49)50)44-35(48)32(6-2-3-15-40)43-16-19-51-29-13-9-25(10-14-29)33-30(20-41)34(47-17-4-5-18-47)46-37(31(33)21-42)53-23-28-22-52-36(45-28)26-7-11-27(39)12-8-26;;/h7-14,22,24,32,43H,2-6,15-19,23,40H2,1H3,(H,44,48)(H,49,50);2*1H/t24-,32-;;/m0../s1. The number of unbranched alkanes of at least 4 members (excludes halogenated alkanes) is 1. The van der Waals surface area contributed by atoms with Crippen LogP contribution in [0.2, 0.25) is 5.02 Å². The number of carbonyl (C=O) groups excluding carboxylic acids is 1. The number of carboxylic acids is 1. The van der Waals surface area contributed by atoms with Crippen molar-refractivity contribution in [2.75, 3.05) is 37.7 Å². The van der Waals surface area contributed by atoms with E-state index in [4.69, 9.17) is 32.0 Å². The highest BCUT2D eigenvalue weighted by atomic mass is 35.5. The molecule has 2 aromatic heterocycles. The van der Waals surface area contributed by atoms with Crippen LogP contribution >= 0.6 is 59.5 Å². The van der Waals surface area contributed by atoms with E-state index in [1.54, 1.807) is 12.1 Å². The molecular formula is C38H43Cl3N8O4S2. The number of hydrogen-bond donors (Lipinski definition) is 4. The molecule has 2 atom stereocenters. The maximum Gasteiger partial charge on any atom is 0.325 e. The van der Waals surface area contributed by atoms with Crippen molar-refractivity contribution in [2.24, 2.45) is 5.73 Å². The Morgan fingerprint density at radius 2 is 1.71 bits per heavy atom. The molecule has 292 valence electrons. The van der Waals surface area contributed by atoms with Gasteiger partial charge in [0.2, 0.25) is 5.91 Å². The van der Waals surface area contributed by atoms with Crippen LogP contribution in [-0.2, 0) is 15.3 Å². The molecule has 12 nitrogen and oxygen atoms in total. The highest BCUT2D eigenvalue weighted by Gasteiger charge is 2.27. The summed E-state index contributed by atoms with van der Waals surface area (Å²) in [6.07, 6.45) is 3.97. The fourth-order valence-corrected chi connectivity index (χ4v) is 7.80. The highest BCUT2D eigenvalue weighted by Crippen LogP contribution is 2.40. The fraction of sp³-hybridized carbons (Fsp3) is 0.368. The first-order chi connectivity index (χ1) is 25.7. The zero-order valence-electron chi connectivity index (χ0n) is 30.1. The number of thioether (sulfide) groups is 1. The zero-order valence-corrected chi connectivity index (χ0v) is 34.1. The fourth-order valence-electron chi connectivity index (χ4n) is 5.87. The average Bonchev–Trinajstić information content (AvgIpc) is 3.88. The average molecular weight is 846 g/mol. The Labute approximate surface area is 346 Å². The number of ether oxygens (including phenoxy) is 1. The predicted molar refractivity (Wildman–Crippen MR) is 223 cm³/mol. The molecule has 0 unspecified atom stereocenters. The van der Waals surface area contributed by atoms with Gasteiger partial charge in [-0.3, -0.25) is 9.59 Å². The largest absolute Gasteiger partial charge is 0.492 e. The minimum Gasteiger partial charge on any atom is -0.492 e. The van der Waals surface area contributed by atoms with E-state index < -0.39 is 18.1 Å². The minimum absolute atomic E-state index is 0. The van der Waals surface area contributed by atoms with Gasteiger partial charge in [-0.05, 0) is 69.0 Å². The quantitative estimate of drug-likeness (QED) is 0.0590. The minimum atomic E-state index is -1.11. The van der Waals surface area contributed by atoms with Crippen LogP contribution in [0.5, 0.6) is 5.75 Å². The number of nitrogens with zero attached hydrogens (tertiary/aromatic N) is 5. The van der Waals surface area contributed by atoms with E-state index in [0.29, 0.717) is 75.6 Å². The van der Waals surface area contributed by atoms with E-state index >= 15 is 0 Å². The van der Waals surface area contributed by atoms with Gasteiger partial charge in [-0.25, -0.2) is 9.97 Å². The Kier molecular flexibility index (Phi) is 18.5. The highest BCUT2D eigenvalue weighted by molar-refractivity contribution is 7.98. The van der Waals surface area contributed by atoms with Gasteiger partial charge in [0.1, 0.15) is 52.0 Å². The maximum absolute atomic E-state index is 12.7. The summed E-state index contributed by atoms with van der Waals surface area (Å²) in [6, 6.07) is 17.9. The number of halogens is 3. The molecule has 0 aliphatic carbocycles. The Bertz CT molecular complexity index is 1960. The molecule has 4 aromatic rings. The summed E-state index contributed by atoms with van der Waals surface area (Å²) in [5.41, 5.74) is 9.37. The van der Waals surface area contributed by atoms with Gasteiger partial charge in [-0.1, -0.05) is 54.0 Å². The number of carboxylic acid groups (broad SMARTS) is 1. The number of nitrogens with two attached hydrogens (primary N) is 1. The second kappa shape index (κ2) is 22.4. The summed E-state index contributed by atoms with van der Waals surface area (Å²) in [5, 5.41) is 39.9. The number of anilines is 1. The number of nitriles is 2. The Hall–Kier alpha value is -4.12. The SMILES string of the molecule is C[C@H](NC(=O)[C@H](CCCCN)NCCOc1ccc(-c2c(C#N)c(SCc3csc(-c4ccc(Cl)cc4)n3)nc(N3CCCC3)c2C#N)cc1)C(=O)O.Cl.Cl. The van der Waals surface area contributed by atoms with Gasteiger partial charge in [-0.2, -0.15) is 10.5 Å². The van der Waals surface area contributed by atoms with Crippen molar-refractivity contribution >= 4 is 77.2 Å². The van der Waals surface area contributed by atoms with Gasteiger partial charge in [0.05, 0.1) is 17.3 Å². The molecule has 5 rings (SSSR count). The first-order valence-corrected chi connectivity index (χ1v) is 19.6. The van der Waals surface area contributed by atoms with Crippen LogP contribution < -0.4 is 26.0 Å². The van der Waals surface area contributed by atoms with E-state index in [9.17, 15) is 25.2 Å². The molecule has 1 aliphatic heterocycles. The molecule has 3 heterocycles. The van der Waals surface area contributed by atoms with E-state index in [0.717, 1.165) is 48.6 Å². The van der Waals surface area contributed by atoms with Crippen LogP contribution in [0, 0.1) is 22.7 Å². The van der Waals surface area contributed by atoms with Gasteiger partial charge in [0, 0.05) is 46.9 Å². The monoisotopic (exact) mass is 844 g/mol. The van der Waals surface area contributed by atoms with Crippen molar-refractivity contribution in [1.82, 2.24) is 20.6 Å². The van der Waals surface area contributed by atoms with Crippen molar-refractivity contribution in [3.05, 3.63) is 75.8 Å². The molecule has 55 heavy (non-hydrogen) atoms. The van der Waals surface area contributed by atoms with Crippen molar-refractivity contribution in [2.45, 2.75) is 61.9 Å². The molecule has 2 aromatic carbocycles. The van der Waals surface area contributed by atoms with Crippen molar-refractivity contribution in [3.8, 4) is 39.6 Å². The maximum atomic E-state index is 12.7. The normalized spacial score (nSPS) is 13.1.